The first kappa shape index (κ1) is 17.5. The predicted octanol–water partition coefficient (Wildman–Crippen LogP) is 1.81. The van der Waals surface area contributed by atoms with Crippen LogP contribution in [0.15, 0.2) is 65.7 Å². The van der Waals surface area contributed by atoms with Crippen LogP contribution in [0.4, 0.5) is 10.1 Å². The number of carbonyl (C=O) groups excluding carboxylic acids is 1. The summed E-state index contributed by atoms with van der Waals surface area (Å²) in [5.74, 6) is -1.11. The van der Waals surface area contributed by atoms with Crippen LogP contribution in [-0.2, 0) is 17.9 Å². The second kappa shape index (κ2) is 7.39. The fourth-order valence-corrected chi connectivity index (χ4v) is 2.77. The van der Waals surface area contributed by atoms with E-state index in [0.717, 1.165) is 10.1 Å². The van der Waals surface area contributed by atoms with E-state index in [-0.39, 0.29) is 17.7 Å². The molecule has 8 nitrogen and oxygen atoms in total. The quantitative estimate of drug-likeness (QED) is 0.572. The lowest BCUT2D eigenvalue weighted by atomic mass is 10.2. The molecule has 4 aromatic rings. The van der Waals surface area contributed by atoms with Crippen LogP contribution in [0.25, 0.3) is 11.2 Å². The number of nitrogens with one attached hydrogen (secondary N) is 1. The fraction of sp³-hybridized carbons (Fsp3) is 0.105. The summed E-state index contributed by atoms with van der Waals surface area (Å²) >= 11 is 0. The van der Waals surface area contributed by atoms with Gasteiger partial charge in [-0.2, -0.15) is 0 Å². The van der Waals surface area contributed by atoms with Crippen molar-refractivity contribution in [1.82, 2.24) is 24.5 Å². The maximum absolute atomic E-state index is 13.6. The van der Waals surface area contributed by atoms with Gasteiger partial charge in [-0.25, -0.2) is 14.1 Å². The Morgan fingerprint density at radius 2 is 1.82 bits per heavy atom. The average Bonchev–Trinajstić information content (AvgIpc) is 3.10. The minimum absolute atomic E-state index is 0.0448. The number of amides is 1. The Labute approximate surface area is 158 Å². The number of aromatic nitrogens is 5. The van der Waals surface area contributed by atoms with Crippen molar-refractivity contribution in [3.63, 3.8) is 0 Å². The Balaban J connectivity index is 1.56. The number of benzene rings is 2. The van der Waals surface area contributed by atoms with Gasteiger partial charge in [0.15, 0.2) is 11.2 Å². The summed E-state index contributed by atoms with van der Waals surface area (Å²) in [6.45, 7) is 0.100. The van der Waals surface area contributed by atoms with Crippen LogP contribution < -0.4 is 10.9 Å². The van der Waals surface area contributed by atoms with E-state index < -0.39 is 17.3 Å². The molecule has 1 amide bonds. The first-order chi connectivity index (χ1) is 13.6. The number of hydrogen-bond donors (Lipinski definition) is 1. The molecule has 0 fully saturated rings. The van der Waals surface area contributed by atoms with Crippen LogP contribution in [-0.4, -0.2) is 30.5 Å². The van der Waals surface area contributed by atoms with Crippen LogP contribution in [0.5, 0.6) is 0 Å². The summed E-state index contributed by atoms with van der Waals surface area (Å²) in [5, 5.41) is 10.3. The number of nitrogens with zero attached hydrogens (tertiary/aromatic N) is 5. The maximum atomic E-state index is 13.6. The molecular formula is C19H15FN6O2. The monoisotopic (exact) mass is 378 g/mol. The SMILES string of the molecule is O=C(Cn1cnc2c(nnn2Cc2ccccc2)c1=O)Nc1ccccc1F. The Morgan fingerprint density at radius 3 is 2.61 bits per heavy atom. The van der Waals surface area contributed by atoms with E-state index in [2.05, 4.69) is 20.6 Å². The van der Waals surface area contributed by atoms with E-state index in [9.17, 15) is 14.0 Å². The molecule has 2 aromatic carbocycles. The third-order valence-electron chi connectivity index (χ3n) is 4.13. The summed E-state index contributed by atoms with van der Waals surface area (Å²) in [6, 6.07) is 15.4. The Bertz CT molecular complexity index is 1200. The first-order valence-electron chi connectivity index (χ1n) is 8.49. The van der Waals surface area contributed by atoms with Gasteiger partial charge in [0.1, 0.15) is 18.7 Å². The summed E-state index contributed by atoms with van der Waals surface area (Å²) in [5.41, 5.74) is 0.942. The molecule has 0 aliphatic carbocycles. The minimum Gasteiger partial charge on any atom is -0.322 e. The zero-order chi connectivity index (χ0) is 19.5. The van der Waals surface area contributed by atoms with Crippen molar-refractivity contribution in [1.29, 1.82) is 0 Å². The van der Waals surface area contributed by atoms with E-state index >= 15 is 0 Å². The largest absolute Gasteiger partial charge is 0.322 e. The maximum Gasteiger partial charge on any atom is 0.283 e. The van der Waals surface area contributed by atoms with E-state index in [1.165, 1.54) is 29.2 Å². The normalized spacial score (nSPS) is 10.9. The van der Waals surface area contributed by atoms with Gasteiger partial charge in [0.2, 0.25) is 5.91 Å². The van der Waals surface area contributed by atoms with Crippen molar-refractivity contribution in [3.05, 3.63) is 82.7 Å². The highest BCUT2D eigenvalue weighted by Crippen LogP contribution is 2.12. The molecular weight excluding hydrogens is 363 g/mol. The molecule has 0 radical (unpaired) electrons. The van der Waals surface area contributed by atoms with Crippen LogP contribution in [0.1, 0.15) is 5.56 Å². The molecule has 0 spiro atoms. The molecule has 0 saturated heterocycles. The second-order valence-electron chi connectivity index (χ2n) is 6.11. The van der Waals surface area contributed by atoms with E-state index in [1.807, 2.05) is 30.3 Å². The average molecular weight is 378 g/mol. The fourth-order valence-electron chi connectivity index (χ4n) is 2.77. The van der Waals surface area contributed by atoms with Crippen molar-refractivity contribution in [2.45, 2.75) is 13.1 Å². The van der Waals surface area contributed by atoms with Gasteiger partial charge in [-0.3, -0.25) is 14.2 Å². The smallest absolute Gasteiger partial charge is 0.283 e. The van der Waals surface area contributed by atoms with Crippen molar-refractivity contribution in [3.8, 4) is 0 Å². The number of hydrogen-bond acceptors (Lipinski definition) is 5. The molecule has 0 unspecified atom stereocenters. The Hall–Kier alpha value is -3.88. The van der Waals surface area contributed by atoms with Gasteiger partial charge >= 0.3 is 0 Å². The second-order valence-corrected chi connectivity index (χ2v) is 6.11. The molecule has 2 aromatic heterocycles. The number of carbonyl (C=O) groups is 1. The zero-order valence-corrected chi connectivity index (χ0v) is 14.6. The standard InChI is InChI=1S/C19H15FN6O2/c20-14-8-4-5-9-15(14)22-16(27)11-25-12-21-18-17(19(25)28)23-24-26(18)10-13-6-2-1-3-7-13/h1-9,12H,10-11H2,(H,22,27). The van der Waals surface area contributed by atoms with Crippen molar-refractivity contribution in [2.24, 2.45) is 0 Å². The van der Waals surface area contributed by atoms with Crippen molar-refractivity contribution in [2.75, 3.05) is 5.32 Å². The molecule has 0 saturated carbocycles. The van der Waals surface area contributed by atoms with Crippen LogP contribution >= 0.6 is 0 Å². The van der Waals surface area contributed by atoms with E-state index in [1.54, 1.807) is 6.07 Å². The molecule has 0 aliphatic heterocycles. The van der Waals surface area contributed by atoms with Crippen LogP contribution in [0.3, 0.4) is 0 Å². The third kappa shape index (κ3) is 3.50. The van der Waals surface area contributed by atoms with Crippen molar-refractivity contribution >= 4 is 22.8 Å². The van der Waals surface area contributed by atoms with E-state index in [0.29, 0.717) is 12.2 Å². The molecule has 28 heavy (non-hydrogen) atoms. The van der Waals surface area contributed by atoms with Crippen LogP contribution in [0.2, 0.25) is 0 Å². The lowest BCUT2D eigenvalue weighted by Gasteiger charge is -2.08. The molecule has 4 rings (SSSR count). The number of para-hydroxylation sites is 1. The number of halogens is 1. The van der Waals surface area contributed by atoms with Crippen molar-refractivity contribution < 1.29 is 9.18 Å². The predicted molar refractivity (Wildman–Crippen MR) is 100 cm³/mol. The van der Waals surface area contributed by atoms with E-state index in [4.69, 9.17) is 0 Å². The highest BCUT2D eigenvalue weighted by Gasteiger charge is 2.14. The van der Waals surface area contributed by atoms with Crippen LogP contribution in [0, 0.1) is 5.82 Å². The Morgan fingerprint density at radius 1 is 1.07 bits per heavy atom. The number of fused-ring (bicyclic) bond motifs is 1. The lowest BCUT2D eigenvalue weighted by Crippen LogP contribution is -2.28. The first-order valence-corrected chi connectivity index (χ1v) is 8.49. The highest BCUT2D eigenvalue weighted by atomic mass is 19.1. The van der Waals surface area contributed by atoms with Gasteiger partial charge < -0.3 is 5.32 Å². The van der Waals surface area contributed by atoms with Gasteiger partial charge in [0, 0.05) is 0 Å². The minimum atomic E-state index is -0.555. The van der Waals surface area contributed by atoms with Gasteiger partial charge in [0.05, 0.1) is 12.2 Å². The molecule has 140 valence electrons. The van der Waals surface area contributed by atoms with Gasteiger partial charge in [0.25, 0.3) is 5.56 Å². The molecule has 0 atom stereocenters. The molecule has 0 bridgehead atoms. The lowest BCUT2D eigenvalue weighted by molar-refractivity contribution is -0.116. The number of anilines is 1. The summed E-state index contributed by atoms with van der Waals surface area (Å²) in [6.07, 6.45) is 1.26. The van der Waals surface area contributed by atoms with Gasteiger partial charge in [-0.05, 0) is 17.7 Å². The summed E-state index contributed by atoms with van der Waals surface area (Å²) in [4.78, 5) is 29.0. The molecule has 2 heterocycles. The third-order valence-corrected chi connectivity index (χ3v) is 4.13. The van der Waals surface area contributed by atoms with Gasteiger partial charge in [-0.15, -0.1) is 5.10 Å². The molecule has 9 heteroatoms. The zero-order valence-electron chi connectivity index (χ0n) is 14.6. The highest BCUT2D eigenvalue weighted by molar-refractivity contribution is 5.90. The topological polar surface area (TPSA) is 94.7 Å². The summed E-state index contributed by atoms with van der Waals surface area (Å²) < 4.78 is 16.3. The van der Waals surface area contributed by atoms with Gasteiger partial charge in [-0.1, -0.05) is 47.7 Å². The Kier molecular flexibility index (Phi) is 4.63. The molecule has 0 aliphatic rings. The number of rotatable bonds is 5. The summed E-state index contributed by atoms with van der Waals surface area (Å²) in [7, 11) is 0. The molecule has 1 N–H and O–H groups in total.